The summed E-state index contributed by atoms with van der Waals surface area (Å²) in [4.78, 5) is 4.34. The van der Waals surface area contributed by atoms with Crippen molar-refractivity contribution >= 4 is 29.9 Å². The zero-order valence-electron chi connectivity index (χ0n) is 19.0. The largest absolute Gasteiger partial charge is 0.490 e. The average Bonchev–Trinajstić information content (AvgIpc) is 3.27. The summed E-state index contributed by atoms with van der Waals surface area (Å²) in [7, 11) is 1.76. The van der Waals surface area contributed by atoms with Crippen molar-refractivity contribution in [3.05, 3.63) is 72.1 Å². The lowest BCUT2D eigenvalue weighted by molar-refractivity contribution is 0.287. The molecule has 0 spiro atoms. The Morgan fingerprint density at radius 2 is 1.75 bits per heavy atom. The minimum atomic E-state index is 0. The van der Waals surface area contributed by atoms with Crippen molar-refractivity contribution in [3.8, 4) is 17.2 Å². The molecule has 0 aliphatic rings. The molecule has 1 unspecified atom stereocenters. The lowest BCUT2D eigenvalue weighted by Crippen LogP contribution is -2.38. The summed E-state index contributed by atoms with van der Waals surface area (Å²) in [6.07, 6.45) is 1.96. The third kappa shape index (κ3) is 6.88. The highest BCUT2D eigenvalue weighted by Crippen LogP contribution is 2.30. The van der Waals surface area contributed by atoms with E-state index in [-0.39, 0.29) is 30.0 Å². The van der Waals surface area contributed by atoms with Crippen molar-refractivity contribution in [3.63, 3.8) is 0 Å². The fourth-order valence-electron chi connectivity index (χ4n) is 3.17. The molecule has 0 saturated heterocycles. The summed E-state index contributed by atoms with van der Waals surface area (Å²) < 4.78 is 13.3. The van der Waals surface area contributed by atoms with E-state index in [1.54, 1.807) is 7.05 Å². The van der Waals surface area contributed by atoms with Crippen LogP contribution in [0, 0.1) is 0 Å². The van der Waals surface area contributed by atoms with Crippen molar-refractivity contribution in [2.75, 3.05) is 20.3 Å². The zero-order chi connectivity index (χ0) is 22.1. The molecule has 1 atom stereocenters. The van der Waals surface area contributed by atoms with Crippen molar-refractivity contribution in [2.45, 2.75) is 33.4 Å². The number of hydrogen-bond acceptors (Lipinski definition) is 4. The van der Waals surface area contributed by atoms with Gasteiger partial charge in [-0.1, -0.05) is 24.3 Å². The second-order valence-electron chi connectivity index (χ2n) is 6.95. The van der Waals surface area contributed by atoms with E-state index >= 15 is 0 Å². The molecule has 1 aromatic heterocycles. The number of nitrogens with zero attached hydrogens (tertiary/aromatic N) is 3. The third-order valence-corrected chi connectivity index (χ3v) is 4.75. The molecule has 0 aliphatic heterocycles. The predicted octanol–water partition coefficient (Wildman–Crippen LogP) is 4.71. The van der Waals surface area contributed by atoms with E-state index in [4.69, 9.17) is 9.47 Å². The number of hydrogen-bond donors (Lipinski definition) is 2. The van der Waals surface area contributed by atoms with Gasteiger partial charge in [-0.05, 0) is 56.7 Å². The molecular weight excluding hydrogens is 517 g/mol. The highest BCUT2D eigenvalue weighted by atomic mass is 127. The van der Waals surface area contributed by atoms with Gasteiger partial charge in [0.1, 0.15) is 0 Å². The van der Waals surface area contributed by atoms with Gasteiger partial charge in [-0.15, -0.1) is 24.0 Å². The zero-order valence-corrected chi connectivity index (χ0v) is 21.4. The SMILES string of the molecule is CCOc1ccc(C(C)NC(=NC)NCc2ccn(-c3ccccc3)n2)cc1OCC.I. The molecule has 0 fully saturated rings. The van der Waals surface area contributed by atoms with E-state index in [1.807, 2.05) is 79.3 Å². The maximum atomic E-state index is 5.75. The summed E-state index contributed by atoms with van der Waals surface area (Å²) >= 11 is 0. The Bertz CT molecular complexity index is 991. The van der Waals surface area contributed by atoms with Gasteiger partial charge in [-0.2, -0.15) is 5.10 Å². The van der Waals surface area contributed by atoms with Gasteiger partial charge in [0.2, 0.25) is 0 Å². The summed E-state index contributed by atoms with van der Waals surface area (Å²) in [5.41, 5.74) is 3.05. The molecule has 0 saturated carbocycles. The lowest BCUT2D eigenvalue weighted by Gasteiger charge is -2.20. The van der Waals surface area contributed by atoms with Crippen molar-refractivity contribution < 1.29 is 9.47 Å². The van der Waals surface area contributed by atoms with Gasteiger partial charge in [0.15, 0.2) is 17.5 Å². The number of rotatable bonds is 9. The summed E-state index contributed by atoms with van der Waals surface area (Å²) in [6, 6.07) is 18.1. The van der Waals surface area contributed by atoms with Gasteiger partial charge in [-0.3, -0.25) is 4.99 Å². The molecule has 0 aliphatic carbocycles. The van der Waals surface area contributed by atoms with E-state index in [0.717, 1.165) is 28.4 Å². The molecule has 8 heteroatoms. The molecule has 3 aromatic rings. The first-order valence-corrected chi connectivity index (χ1v) is 10.6. The Balaban J connectivity index is 0.00000363. The summed E-state index contributed by atoms with van der Waals surface area (Å²) in [5, 5.41) is 11.4. The quantitative estimate of drug-likeness (QED) is 0.230. The molecule has 1 heterocycles. The minimum absolute atomic E-state index is 0. The fourth-order valence-corrected chi connectivity index (χ4v) is 3.17. The highest BCUT2D eigenvalue weighted by Gasteiger charge is 2.13. The monoisotopic (exact) mass is 549 g/mol. The van der Waals surface area contributed by atoms with Crippen molar-refractivity contribution in [1.29, 1.82) is 0 Å². The second kappa shape index (κ2) is 12.9. The number of para-hydroxylation sites is 1. The molecule has 3 rings (SSSR count). The first-order valence-electron chi connectivity index (χ1n) is 10.6. The predicted molar refractivity (Wildman–Crippen MR) is 140 cm³/mol. The van der Waals surface area contributed by atoms with Gasteiger partial charge in [0.25, 0.3) is 0 Å². The van der Waals surface area contributed by atoms with E-state index in [9.17, 15) is 0 Å². The molecule has 0 amide bonds. The molecular formula is C24H32IN5O2. The number of benzene rings is 2. The number of halogens is 1. The van der Waals surface area contributed by atoms with Crippen LogP contribution in [0.15, 0.2) is 65.8 Å². The number of ether oxygens (including phenoxy) is 2. The maximum absolute atomic E-state index is 5.75. The molecule has 172 valence electrons. The Kier molecular flexibility index (Phi) is 10.3. The Labute approximate surface area is 207 Å². The first-order chi connectivity index (χ1) is 15.1. The van der Waals surface area contributed by atoms with Crippen LogP contribution in [0.5, 0.6) is 11.5 Å². The Morgan fingerprint density at radius 1 is 1.03 bits per heavy atom. The summed E-state index contributed by atoms with van der Waals surface area (Å²) in [6.45, 7) is 7.78. The van der Waals surface area contributed by atoms with Crippen LogP contribution in [0.25, 0.3) is 5.69 Å². The van der Waals surface area contributed by atoms with Crippen LogP contribution in [0.4, 0.5) is 0 Å². The Morgan fingerprint density at radius 3 is 2.44 bits per heavy atom. The van der Waals surface area contributed by atoms with E-state index < -0.39 is 0 Å². The van der Waals surface area contributed by atoms with Crippen LogP contribution in [-0.4, -0.2) is 36.0 Å². The lowest BCUT2D eigenvalue weighted by atomic mass is 10.1. The average molecular weight is 549 g/mol. The van der Waals surface area contributed by atoms with Gasteiger partial charge < -0.3 is 20.1 Å². The van der Waals surface area contributed by atoms with Gasteiger partial charge in [-0.25, -0.2) is 4.68 Å². The van der Waals surface area contributed by atoms with E-state index in [0.29, 0.717) is 25.7 Å². The maximum Gasteiger partial charge on any atom is 0.191 e. The van der Waals surface area contributed by atoms with Crippen LogP contribution in [0.2, 0.25) is 0 Å². The van der Waals surface area contributed by atoms with Crippen LogP contribution in [0.3, 0.4) is 0 Å². The second-order valence-corrected chi connectivity index (χ2v) is 6.95. The molecule has 0 radical (unpaired) electrons. The standard InChI is InChI=1S/C24H31N5O2.HI/c1-5-30-22-13-12-19(16-23(22)31-6-2)18(3)27-24(25-4)26-17-20-14-15-29(28-20)21-10-8-7-9-11-21;/h7-16,18H,5-6,17H2,1-4H3,(H2,25,26,27);1H. The molecule has 2 N–H and O–H groups in total. The molecule has 7 nitrogen and oxygen atoms in total. The van der Waals surface area contributed by atoms with Crippen LogP contribution < -0.4 is 20.1 Å². The Hall–Kier alpha value is -2.75. The van der Waals surface area contributed by atoms with Crippen LogP contribution >= 0.6 is 24.0 Å². The highest BCUT2D eigenvalue weighted by molar-refractivity contribution is 14.0. The van der Waals surface area contributed by atoms with E-state index in [1.165, 1.54) is 0 Å². The van der Waals surface area contributed by atoms with Gasteiger partial charge >= 0.3 is 0 Å². The molecule has 0 bridgehead atoms. The van der Waals surface area contributed by atoms with Crippen LogP contribution in [0.1, 0.15) is 38.1 Å². The number of nitrogens with one attached hydrogen (secondary N) is 2. The first kappa shape index (κ1) is 25.5. The smallest absolute Gasteiger partial charge is 0.191 e. The van der Waals surface area contributed by atoms with E-state index in [2.05, 4.69) is 27.6 Å². The normalized spacial score (nSPS) is 11.9. The fraction of sp³-hybridized carbons (Fsp3) is 0.333. The number of aliphatic imine (C=N–C) groups is 1. The molecule has 32 heavy (non-hydrogen) atoms. The number of aromatic nitrogens is 2. The van der Waals surface area contributed by atoms with Gasteiger partial charge in [0, 0.05) is 13.2 Å². The number of guanidine groups is 1. The van der Waals surface area contributed by atoms with Crippen LogP contribution in [-0.2, 0) is 6.54 Å². The minimum Gasteiger partial charge on any atom is -0.490 e. The third-order valence-electron chi connectivity index (χ3n) is 4.75. The van der Waals surface area contributed by atoms with Crippen molar-refractivity contribution in [1.82, 2.24) is 20.4 Å². The van der Waals surface area contributed by atoms with Crippen molar-refractivity contribution in [2.24, 2.45) is 4.99 Å². The topological polar surface area (TPSA) is 72.7 Å². The van der Waals surface area contributed by atoms with Gasteiger partial charge in [0.05, 0.1) is 37.2 Å². The molecule has 2 aromatic carbocycles. The summed E-state index contributed by atoms with van der Waals surface area (Å²) in [5.74, 6) is 2.22.